The molecule has 13 heteroatoms. The molecule has 10 nitrogen and oxygen atoms in total. The predicted molar refractivity (Wildman–Crippen MR) is 117 cm³/mol. The first-order valence-electron chi connectivity index (χ1n) is 9.66. The third kappa shape index (κ3) is 5.35. The quantitative estimate of drug-likeness (QED) is 0.292. The Balaban J connectivity index is 1.37. The molecule has 4 aromatic rings. The van der Waals surface area contributed by atoms with Crippen LogP contribution in [0, 0.1) is 21.7 Å². The van der Waals surface area contributed by atoms with Gasteiger partial charge in [-0.1, -0.05) is 17.7 Å². The van der Waals surface area contributed by atoms with Gasteiger partial charge in [-0.3, -0.25) is 19.6 Å². The number of hydrogen-bond donors (Lipinski definition) is 1. The van der Waals surface area contributed by atoms with Crippen molar-refractivity contribution in [1.29, 1.82) is 0 Å². The standard InChI is InChI=1S/C21H15ClF2N6O4/c22-17-7-14(23)2-1-13(17)10-29-11-16(9-25-29)26-21(31)18-5-6-28(27-18)12-34-20-8-15(24)3-4-19(20)30(32)33/h1-9,11H,10,12H2,(H,26,31). The molecule has 0 unspecified atom stereocenters. The number of benzene rings is 2. The van der Waals surface area contributed by atoms with Crippen molar-refractivity contribution < 1.29 is 23.2 Å². The molecule has 1 amide bonds. The van der Waals surface area contributed by atoms with Crippen molar-refractivity contribution in [2.24, 2.45) is 0 Å². The van der Waals surface area contributed by atoms with Gasteiger partial charge in [0, 0.05) is 29.5 Å². The molecule has 0 aliphatic rings. The van der Waals surface area contributed by atoms with E-state index in [1.807, 2.05) is 0 Å². The Morgan fingerprint density at radius 3 is 2.68 bits per heavy atom. The van der Waals surface area contributed by atoms with Gasteiger partial charge in [0.25, 0.3) is 5.91 Å². The number of amides is 1. The molecule has 2 aromatic carbocycles. The minimum Gasteiger partial charge on any atom is -0.464 e. The topological polar surface area (TPSA) is 117 Å². The SMILES string of the molecule is O=C(Nc1cnn(Cc2ccc(F)cc2Cl)c1)c1ccn(COc2cc(F)ccc2[N+](=O)[O-])n1. The van der Waals surface area contributed by atoms with Crippen molar-refractivity contribution in [2.45, 2.75) is 13.3 Å². The maximum absolute atomic E-state index is 13.4. The number of carbonyl (C=O) groups is 1. The summed E-state index contributed by atoms with van der Waals surface area (Å²) in [6.45, 7) is -0.0128. The van der Waals surface area contributed by atoms with Crippen LogP contribution in [-0.4, -0.2) is 30.4 Å². The van der Waals surface area contributed by atoms with Gasteiger partial charge in [-0.05, 0) is 29.8 Å². The van der Waals surface area contributed by atoms with Gasteiger partial charge in [-0.25, -0.2) is 13.5 Å². The van der Waals surface area contributed by atoms with Crippen LogP contribution in [0.3, 0.4) is 0 Å². The third-order valence-electron chi connectivity index (χ3n) is 4.58. The number of halogens is 3. The van der Waals surface area contributed by atoms with Crippen LogP contribution in [0.15, 0.2) is 61.1 Å². The van der Waals surface area contributed by atoms with Gasteiger partial charge >= 0.3 is 5.69 Å². The van der Waals surface area contributed by atoms with Crippen LogP contribution >= 0.6 is 11.6 Å². The predicted octanol–water partition coefficient (Wildman–Crippen LogP) is 4.26. The van der Waals surface area contributed by atoms with E-state index < -0.39 is 28.2 Å². The van der Waals surface area contributed by atoms with Crippen molar-refractivity contribution in [1.82, 2.24) is 19.6 Å². The van der Waals surface area contributed by atoms with Crippen LogP contribution in [0.25, 0.3) is 0 Å². The lowest BCUT2D eigenvalue weighted by Crippen LogP contribution is -2.14. The number of carbonyl (C=O) groups excluding carboxylic acids is 1. The second-order valence-electron chi connectivity index (χ2n) is 7.00. The first kappa shape index (κ1) is 22.9. The highest BCUT2D eigenvalue weighted by Gasteiger charge is 2.17. The minimum atomic E-state index is -0.694. The number of rotatable bonds is 8. The molecule has 0 aliphatic heterocycles. The highest BCUT2D eigenvalue weighted by atomic mass is 35.5. The highest BCUT2D eigenvalue weighted by Crippen LogP contribution is 2.27. The fourth-order valence-electron chi connectivity index (χ4n) is 2.98. The molecule has 0 saturated carbocycles. The Hall–Kier alpha value is -4.32. The molecule has 0 saturated heterocycles. The lowest BCUT2D eigenvalue weighted by Gasteiger charge is -2.07. The molecule has 0 fully saturated rings. The largest absolute Gasteiger partial charge is 0.464 e. The van der Waals surface area contributed by atoms with E-state index in [1.165, 1.54) is 40.0 Å². The average molecular weight is 489 g/mol. The fraction of sp³-hybridized carbons (Fsp3) is 0.0952. The van der Waals surface area contributed by atoms with E-state index in [4.69, 9.17) is 16.3 Å². The minimum absolute atomic E-state index is 0.0478. The molecule has 1 N–H and O–H groups in total. The van der Waals surface area contributed by atoms with Crippen LogP contribution in [0.1, 0.15) is 16.1 Å². The molecule has 0 spiro atoms. The lowest BCUT2D eigenvalue weighted by molar-refractivity contribution is -0.386. The summed E-state index contributed by atoms with van der Waals surface area (Å²) in [6.07, 6.45) is 4.43. The number of anilines is 1. The van der Waals surface area contributed by atoms with Crippen molar-refractivity contribution in [3.63, 3.8) is 0 Å². The molecule has 174 valence electrons. The number of aromatic nitrogens is 4. The molecule has 0 radical (unpaired) electrons. The van der Waals surface area contributed by atoms with Gasteiger partial charge in [-0.15, -0.1) is 0 Å². The zero-order valence-corrected chi connectivity index (χ0v) is 17.9. The Morgan fingerprint density at radius 1 is 1.15 bits per heavy atom. The summed E-state index contributed by atoms with van der Waals surface area (Å²) in [6, 6.07) is 8.31. The summed E-state index contributed by atoms with van der Waals surface area (Å²) in [5, 5.41) is 22.1. The maximum atomic E-state index is 13.4. The number of nitro benzene ring substituents is 1. The smallest absolute Gasteiger partial charge is 0.311 e. The number of nitrogens with zero attached hydrogens (tertiary/aromatic N) is 5. The van der Waals surface area contributed by atoms with Crippen LogP contribution in [0.2, 0.25) is 5.02 Å². The van der Waals surface area contributed by atoms with Crippen LogP contribution < -0.4 is 10.1 Å². The van der Waals surface area contributed by atoms with Crippen molar-refractivity contribution in [3.8, 4) is 5.75 Å². The van der Waals surface area contributed by atoms with E-state index in [0.717, 1.165) is 18.2 Å². The molecular weight excluding hydrogens is 474 g/mol. The second kappa shape index (κ2) is 9.67. The lowest BCUT2D eigenvalue weighted by atomic mass is 10.2. The fourth-order valence-corrected chi connectivity index (χ4v) is 3.21. The van der Waals surface area contributed by atoms with Gasteiger partial charge in [0.1, 0.15) is 11.6 Å². The summed E-state index contributed by atoms with van der Waals surface area (Å²) >= 11 is 6.03. The summed E-state index contributed by atoms with van der Waals surface area (Å²) in [5.41, 5.74) is 0.697. The van der Waals surface area contributed by atoms with Crippen LogP contribution in [0.4, 0.5) is 20.2 Å². The monoisotopic (exact) mass is 488 g/mol. The van der Waals surface area contributed by atoms with E-state index in [-0.39, 0.29) is 29.7 Å². The number of nitrogens with one attached hydrogen (secondary N) is 1. The van der Waals surface area contributed by atoms with Crippen LogP contribution in [0.5, 0.6) is 5.75 Å². The number of hydrogen-bond acceptors (Lipinski definition) is 6. The van der Waals surface area contributed by atoms with Gasteiger partial charge in [-0.2, -0.15) is 10.2 Å². The first-order valence-corrected chi connectivity index (χ1v) is 10.0. The van der Waals surface area contributed by atoms with Crippen LogP contribution in [-0.2, 0) is 13.3 Å². The first-order chi connectivity index (χ1) is 16.3. The van der Waals surface area contributed by atoms with Crippen molar-refractivity contribution >= 4 is 28.9 Å². The molecule has 4 rings (SSSR count). The molecule has 0 atom stereocenters. The molecular formula is C21H15ClF2N6O4. The summed E-state index contributed by atoms with van der Waals surface area (Å²) in [5.74, 6) is -1.93. The van der Waals surface area contributed by atoms with Gasteiger partial charge in [0.05, 0.1) is 23.4 Å². The maximum Gasteiger partial charge on any atom is 0.311 e. The van der Waals surface area contributed by atoms with Gasteiger partial charge < -0.3 is 10.1 Å². The van der Waals surface area contributed by atoms with Crippen molar-refractivity contribution in [3.05, 3.63) is 99.1 Å². The van der Waals surface area contributed by atoms with Gasteiger partial charge in [0.15, 0.2) is 12.4 Å². The molecule has 0 aliphatic carbocycles. The Morgan fingerprint density at radius 2 is 1.91 bits per heavy atom. The number of ether oxygens (including phenoxy) is 1. The third-order valence-corrected chi connectivity index (χ3v) is 4.93. The van der Waals surface area contributed by atoms with Crippen molar-refractivity contribution in [2.75, 3.05) is 5.32 Å². The van der Waals surface area contributed by atoms with Gasteiger partial charge in [0.2, 0.25) is 5.75 Å². The highest BCUT2D eigenvalue weighted by molar-refractivity contribution is 6.31. The summed E-state index contributed by atoms with van der Waals surface area (Å²) < 4.78 is 34.6. The Bertz CT molecular complexity index is 1370. The normalized spacial score (nSPS) is 10.8. The Labute approximate surface area is 195 Å². The van der Waals surface area contributed by atoms with E-state index in [1.54, 1.807) is 12.3 Å². The zero-order valence-electron chi connectivity index (χ0n) is 17.2. The molecule has 34 heavy (non-hydrogen) atoms. The van der Waals surface area contributed by atoms with E-state index >= 15 is 0 Å². The summed E-state index contributed by atoms with van der Waals surface area (Å²) in [4.78, 5) is 22.8. The molecule has 2 aromatic heterocycles. The average Bonchev–Trinajstić information content (AvgIpc) is 3.43. The molecule has 2 heterocycles. The zero-order chi connectivity index (χ0) is 24.2. The second-order valence-corrected chi connectivity index (χ2v) is 7.41. The molecule has 0 bridgehead atoms. The van der Waals surface area contributed by atoms with E-state index in [2.05, 4.69) is 15.5 Å². The van der Waals surface area contributed by atoms with E-state index in [0.29, 0.717) is 11.3 Å². The van der Waals surface area contributed by atoms with E-state index in [9.17, 15) is 23.7 Å². The number of nitro groups is 1. The Kier molecular flexibility index (Phi) is 6.50. The summed E-state index contributed by atoms with van der Waals surface area (Å²) in [7, 11) is 0.